The first-order valence-electron chi connectivity index (χ1n) is 12.3. The highest BCUT2D eigenvalue weighted by Gasteiger charge is 2.26. The molecular weight excluding hydrogens is 460 g/mol. The maximum absolute atomic E-state index is 12.2. The van der Waals surface area contributed by atoms with Crippen LogP contribution in [-0.2, 0) is 9.53 Å². The van der Waals surface area contributed by atoms with Gasteiger partial charge >= 0.3 is 5.97 Å². The number of anilines is 1. The van der Waals surface area contributed by atoms with E-state index in [0.29, 0.717) is 23.4 Å². The molecule has 1 aliphatic carbocycles. The van der Waals surface area contributed by atoms with E-state index in [1.165, 1.54) is 0 Å². The third-order valence-corrected chi connectivity index (χ3v) is 6.92. The number of esters is 1. The molecule has 1 N–H and O–H groups in total. The standard InChI is InChI=1S/C29H31ClN2O3/c1-29(2,3)35-28(33)12-18-8-10-20(11-9-18)32-21-14-22-23(25(30)15-21)16-31-17-24(22)27-13-19-6-4-5-7-26(19)34-27/h4-7,13-18,20,32H,8-12H2,1-3H3. The number of aromatic nitrogens is 1. The van der Waals surface area contributed by atoms with Gasteiger partial charge in [0.15, 0.2) is 0 Å². The van der Waals surface area contributed by atoms with Crippen LogP contribution in [0.15, 0.2) is 59.3 Å². The van der Waals surface area contributed by atoms with Crippen molar-refractivity contribution in [2.75, 3.05) is 5.32 Å². The lowest BCUT2D eigenvalue weighted by Gasteiger charge is -2.30. The Balaban J connectivity index is 1.32. The van der Waals surface area contributed by atoms with Gasteiger partial charge in [-0.3, -0.25) is 9.78 Å². The van der Waals surface area contributed by atoms with E-state index in [9.17, 15) is 4.79 Å². The molecule has 5 nitrogen and oxygen atoms in total. The van der Waals surface area contributed by atoms with Gasteiger partial charge in [0.2, 0.25) is 0 Å². The number of furan rings is 1. The number of halogens is 1. The topological polar surface area (TPSA) is 64.4 Å². The van der Waals surface area contributed by atoms with E-state index in [1.807, 2.05) is 63.4 Å². The second kappa shape index (κ2) is 9.54. The van der Waals surface area contributed by atoms with Gasteiger partial charge in [0, 0.05) is 46.9 Å². The first-order chi connectivity index (χ1) is 16.7. The van der Waals surface area contributed by atoms with E-state index >= 15 is 0 Å². The molecule has 0 amide bonds. The summed E-state index contributed by atoms with van der Waals surface area (Å²) in [6.45, 7) is 5.74. The molecule has 4 aromatic rings. The number of para-hydroxylation sites is 1. The summed E-state index contributed by atoms with van der Waals surface area (Å²) in [6.07, 6.45) is 8.17. The van der Waals surface area contributed by atoms with E-state index in [4.69, 9.17) is 20.8 Å². The lowest BCUT2D eigenvalue weighted by atomic mass is 9.84. The number of pyridine rings is 1. The third kappa shape index (κ3) is 5.46. The Hall–Kier alpha value is -3.05. The first kappa shape index (κ1) is 23.7. The first-order valence-corrected chi connectivity index (χ1v) is 12.7. The molecular formula is C29H31ClN2O3. The fourth-order valence-corrected chi connectivity index (χ4v) is 5.26. The Kier molecular flexibility index (Phi) is 6.45. The summed E-state index contributed by atoms with van der Waals surface area (Å²) >= 11 is 6.69. The van der Waals surface area contributed by atoms with E-state index in [1.54, 1.807) is 6.20 Å². The maximum Gasteiger partial charge on any atom is 0.306 e. The molecule has 2 heterocycles. The van der Waals surface area contributed by atoms with Crippen molar-refractivity contribution in [2.24, 2.45) is 5.92 Å². The predicted molar refractivity (Wildman–Crippen MR) is 142 cm³/mol. The van der Waals surface area contributed by atoms with Crippen LogP contribution in [0.1, 0.15) is 52.9 Å². The molecule has 1 fully saturated rings. The van der Waals surface area contributed by atoms with Crippen LogP contribution < -0.4 is 5.32 Å². The van der Waals surface area contributed by atoms with Gasteiger partial charge in [-0.1, -0.05) is 29.8 Å². The molecule has 0 aliphatic heterocycles. The zero-order valence-corrected chi connectivity index (χ0v) is 21.2. The average Bonchev–Trinajstić information content (AvgIpc) is 3.23. The minimum atomic E-state index is -0.429. The van der Waals surface area contributed by atoms with Crippen molar-refractivity contribution in [1.29, 1.82) is 0 Å². The fraction of sp³-hybridized carbons (Fsp3) is 0.379. The Morgan fingerprint density at radius 2 is 1.86 bits per heavy atom. The Morgan fingerprint density at radius 1 is 1.09 bits per heavy atom. The number of hydrogen-bond donors (Lipinski definition) is 1. The van der Waals surface area contributed by atoms with E-state index in [0.717, 1.165) is 64.4 Å². The average molecular weight is 491 g/mol. The second-order valence-electron chi connectivity index (χ2n) is 10.5. The molecule has 2 aromatic heterocycles. The number of nitrogens with zero attached hydrogens (tertiary/aromatic N) is 1. The molecule has 0 bridgehead atoms. The van der Waals surface area contributed by atoms with Crippen LogP contribution in [-0.4, -0.2) is 22.6 Å². The molecule has 182 valence electrons. The van der Waals surface area contributed by atoms with E-state index in [2.05, 4.69) is 16.4 Å². The number of fused-ring (bicyclic) bond motifs is 2. The van der Waals surface area contributed by atoms with Gasteiger partial charge in [0.1, 0.15) is 16.9 Å². The summed E-state index contributed by atoms with van der Waals surface area (Å²) in [5.74, 6) is 1.07. The largest absolute Gasteiger partial charge is 0.460 e. The van der Waals surface area contributed by atoms with Crippen LogP contribution in [0.3, 0.4) is 0 Å². The van der Waals surface area contributed by atoms with Crippen molar-refractivity contribution >= 4 is 45.0 Å². The number of nitrogens with one attached hydrogen (secondary N) is 1. The quantitative estimate of drug-likeness (QED) is 0.287. The lowest BCUT2D eigenvalue weighted by molar-refractivity contribution is -0.156. The number of hydrogen-bond acceptors (Lipinski definition) is 5. The number of carbonyl (C=O) groups excluding carboxylic acids is 1. The van der Waals surface area contributed by atoms with Crippen molar-refractivity contribution < 1.29 is 13.9 Å². The summed E-state index contributed by atoms with van der Waals surface area (Å²) in [5, 5.41) is 7.31. The van der Waals surface area contributed by atoms with Crippen molar-refractivity contribution in [3.63, 3.8) is 0 Å². The van der Waals surface area contributed by atoms with Crippen LogP contribution in [0.4, 0.5) is 5.69 Å². The number of carbonyl (C=O) groups is 1. The van der Waals surface area contributed by atoms with Gasteiger partial charge in [-0.05, 0) is 82.0 Å². The van der Waals surface area contributed by atoms with Crippen molar-refractivity contribution in [3.05, 3.63) is 59.9 Å². The molecule has 0 unspecified atom stereocenters. The summed E-state index contributed by atoms with van der Waals surface area (Å²) in [5.41, 5.74) is 2.33. The highest BCUT2D eigenvalue weighted by atomic mass is 35.5. The highest BCUT2D eigenvalue weighted by molar-refractivity contribution is 6.36. The fourth-order valence-electron chi connectivity index (χ4n) is 4.99. The van der Waals surface area contributed by atoms with Crippen molar-refractivity contribution in [1.82, 2.24) is 4.98 Å². The van der Waals surface area contributed by atoms with Crippen molar-refractivity contribution in [3.8, 4) is 11.3 Å². The smallest absolute Gasteiger partial charge is 0.306 e. The molecule has 5 rings (SSSR count). The van der Waals surface area contributed by atoms with Gasteiger partial charge in [0.25, 0.3) is 0 Å². The van der Waals surface area contributed by atoms with Gasteiger partial charge in [-0.15, -0.1) is 0 Å². The Morgan fingerprint density at radius 3 is 2.60 bits per heavy atom. The molecule has 1 saturated carbocycles. The van der Waals surface area contributed by atoms with Crippen LogP contribution >= 0.6 is 11.6 Å². The van der Waals surface area contributed by atoms with Gasteiger partial charge in [-0.2, -0.15) is 0 Å². The molecule has 0 atom stereocenters. The summed E-state index contributed by atoms with van der Waals surface area (Å²) in [4.78, 5) is 16.6. The zero-order valence-electron chi connectivity index (χ0n) is 20.4. The molecule has 2 aromatic carbocycles. The molecule has 0 spiro atoms. The third-order valence-electron chi connectivity index (χ3n) is 6.61. The lowest BCUT2D eigenvalue weighted by Crippen LogP contribution is -2.29. The predicted octanol–water partition coefficient (Wildman–Crippen LogP) is 8.00. The van der Waals surface area contributed by atoms with Gasteiger partial charge in [-0.25, -0.2) is 0 Å². The van der Waals surface area contributed by atoms with Crippen LogP contribution in [0.2, 0.25) is 5.02 Å². The summed E-state index contributed by atoms with van der Waals surface area (Å²) < 4.78 is 11.6. The van der Waals surface area contributed by atoms with Crippen LogP contribution in [0, 0.1) is 5.92 Å². The number of rotatable bonds is 5. The van der Waals surface area contributed by atoms with E-state index < -0.39 is 5.60 Å². The minimum absolute atomic E-state index is 0.0954. The summed E-state index contributed by atoms with van der Waals surface area (Å²) in [7, 11) is 0. The SMILES string of the molecule is CC(C)(C)OC(=O)CC1CCC(Nc2cc(Cl)c3cncc(-c4cc5ccccc5o4)c3c2)CC1. The highest BCUT2D eigenvalue weighted by Crippen LogP contribution is 2.37. The summed E-state index contributed by atoms with van der Waals surface area (Å²) in [6, 6.07) is 14.5. The zero-order chi connectivity index (χ0) is 24.6. The number of ether oxygens (including phenoxy) is 1. The monoisotopic (exact) mass is 490 g/mol. The molecule has 6 heteroatoms. The second-order valence-corrected chi connectivity index (χ2v) is 10.9. The van der Waals surface area contributed by atoms with Gasteiger partial charge < -0.3 is 14.5 Å². The van der Waals surface area contributed by atoms with Crippen LogP contribution in [0.25, 0.3) is 33.1 Å². The van der Waals surface area contributed by atoms with E-state index in [-0.39, 0.29) is 5.97 Å². The maximum atomic E-state index is 12.2. The van der Waals surface area contributed by atoms with Crippen LogP contribution in [0.5, 0.6) is 0 Å². The molecule has 1 aliphatic rings. The van der Waals surface area contributed by atoms with Crippen molar-refractivity contribution in [2.45, 2.75) is 64.5 Å². The molecule has 0 radical (unpaired) electrons. The normalized spacial score (nSPS) is 18.6. The van der Waals surface area contributed by atoms with Gasteiger partial charge in [0.05, 0.1) is 5.02 Å². The Labute approximate surface area is 210 Å². The Bertz CT molecular complexity index is 1330. The molecule has 0 saturated heterocycles. The molecule has 35 heavy (non-hydrogen) atoms. The minimum Gasteiger partial charge on any atom is -0.460 e. The number of benzene rings is 2.